The van der Waals surface area contributed by atoms with Crippen molar-refractivity contribution in [2.24, 2.45) is 11.8 Å². The molecule has 1 aliphatic heterocycles. The number of carbonyl (C=O) groups is 1. The number of hydrogen-bond acceptors (Lipinski definition) is 3. The number of hydrogen-bond donors (Lipinski definition) is 1. The first-order valence-corrected chi connectivity index (χ1v) is 9.10. The second kappa shape index (κ2) is 6.94. The van der Waals surface area contributed by atoms with E-state index in [1.54, 1.807) is 19.1 Å². The molecule has 1 aromatic rings. The van der Waals surface area contributed by atoms with Gasteiger partial charge in [0.1, 0.15) is 0 Å². The van der Waals surface area contributed by atoms with Gasteiger partial charge in [-0.25, -0.2) is 4.39 Å². The van der Waals surface area contributed by atoms with E-state index in [0.29, 0.717) is 18.3 Å². The van der Waals surface area contributed by atoms with E-state index in [2.05, 4.69) is 19.2 Å². The van der Waals surface area contributed by atoms with E-state index in [0.717, 1.165) is 24.8 Å². The molecule has 1 aliphatic carbocycles. The lowest BCUT2D eigenvalue weighted by molar-refractivity contribution is -0.153. The van der Waals surface area contributed by atoms with Crippen molar-refractivity contribution in [3.8, 4) is 5.75 Å². The van der Waals surface area contributed by atoms with Crippen molar-refractivity contribution in [2.45, 2.75) is 64.2 Å². The van der Waals surface area contributed by atoms with Crippen LogP contribution in [0.1, 0.15) is 58.1 Å². The molecule has 25 heavy (non-hydrogen) atoms. The number of amides is 1. The quantitative estimate of drug-likeness (QED) is 0.897. The molecule has 2 aliphatic rings. The van der Waals surface area contributed by atoms with Gasteiger partial charge in [-0.15, -0.1) is 0 Å². The van der Waals surface area contributed by atoms with Crippen LogP contribution in [0, 0.1) is 17.7 Å². The van der Waals surface area contributed by atoms with E-state index in [-0.39, 0.29) is 35.2 Å². The molecular formula is C20H28FNO3. The number of carbonyl (C=O) groups excluding carboxylic acids is 1. The minimum atomic E-state index is -0.379. The molecule has 1 N–H and O–H groups in total. The Morgan fingerprint density at radius 1 is 1.40 bits per heavy atom. The van der Waals surface area contributed by atoms with Crippen LogP contribution in [0.3, 0.4) is 0 Å². The molecular weight excluding hydrogens is 321 g/mol. The molecule has 5 atom stereocenters. The fraction of sp³-hybridized carbons (Fsp3) is 0.650. The Kier molecular flexibility index (Phi) is 5.05. The Labute approximate surface area is 149 Å². The number of methoxy groups -OCH3 is 1. The molecule has 1 saturated carbocycles. The zero-order valence-electron chi connectivity index (χ0n) is 15.5. The zero-order chi connectivity index (χ0) is 18.2. The van der Waals surface area contributed by atoms with Crippen LogP contribution < -0.4 is 10.1 Å². The summed E-state index contributed by atoms with van der Waals surface area (Å²) in [6, 6.07) is 4.88. The summed E-state index contributed by atoms with van der Waals surface area (Å²) >= 11 is 0. The predicted octanol–water partition coefficient (Wildman–Crippen LogP) is 4.00. The lowest BCUT2D eigenvalue weighted by Crippen LogP contribution is -2.60. The molecule has 2 fully saturated rings. The molecule has 0 spiro atoms. The van der Waals surface area contributed by atoms with Gasteiger partial charge in [-0.05, 0) is 43.4 Å². The van der Waals surface area contributed by atoms with Crippen molar-refractivity contribution < 1.29 is 18.7 Å². The normalized spacial score (nSPS) is 34.9. The van der Waals surface area contributed by atoms with Crippen LogP contribution >= 0.6 is 0 Å². The first kappa shape index (κ1) is 18.2. The van der Waals surface area contributed by atoms with Gasteiger partial charge in [0.05, 0.1) is 19.3 Å². The molecule has 1 heterocycles. The fourth-order valence-electron chi connectivity index (χ4n) is 4.62. The van der Waals surface area contributed by atoms with Gasteiger partial charge in [0.2, 0.25) is 5.91 Å². The molecule has 4 nitrogen and oxygen atoms in total. The second-order valence-corrected chi connectivity index (χ2v) is 7.88. The van der Waals surface area contributed by atoms with Crippen LogP contribution in [-0.2, 0) is 9.53 Å². The summed E-state index contributed by atoms with van der Waals surface area (Å²) in [5.41, 5.74) is 0.577. The second-order valence-electron chi connectivity index (χ2n) is 7.88. The summed E-state index contributed by atoms with van der Waals surface area (Å²) in [7, 11) is 1.46. The number of nitrogens with one attached hydrogen (secondary N) is 1. The molecule has 138 valence electrons. The number of ether oxygens (including phenoxy) is 2. The predicted molar refractivity (Wildman–Crippen MR) is 93.9 cm³/mol. The molecule has 0 unspecified atom stereocenters. The monoisotopic (exact) mass is 349 g/mol. The Hall–Kier alpha value is -1.62. The standard InChI is InChI=1S/C20H28FNO3/c1-12-5-7-15-17(9-12)25-19(11-20(15,3)22-13(2)23)14-6-8-16(21)18(10-14)24-4/h6,8,10,12,15,17,19H,5,7,9,11H2,1-4H3,(H,22,23)/t12-,15-,17-,19-,20-/m1/s1. The third kappa shape index (κ3) is 3.66. The lowest BCUT2D eigenvalue weighted by atomic mass is 9.66. The first-order valence-electron chi connectivity index (χ1n) is 9.10. The van der Waals surface area contributed by atoms with Crippen LogP contribution in [-0.4, -0.2) is 24.7 Å². The van der Waals surface area contributed by atoms with E-state index < -0.39 is 0 Å². The molecule has 1 amide bonds. The van der Waals surface area contributed by atoms with Crippen molar-refractivity contribution in [3.63, 3.8) is 0 Å². The first-order chi connectivity index (χ1) is 11.8. The van der Waals surface area contributed by atoms with E-state index in [9.17, 15) is 9.18 Å². The highest BCUT2D eigenvalue weighted by Crippen LogP contribution is 2.48. The maximum absolute atomic E-state index is 13.8. The van der Waals surface area contributed by atoms with E-state index in [1.807, 2.05) is 0 Å². The Balaban J connectivity index is 1.92. The van der Waals surface area contributed by atoms with Crippen LogP contribution in [0.25, 0.3) is 0 Å². The molecule has 1 aromatic carbocycles. The van der Waals surface area contributed by atoms with E-state index in [4.69, 9.17) is 9.47 Å². The molecule has 3 rings (SSSR count). The Morgan fingerprint density at radius 3 is 2.84 bits per heavy atom. The summed E-state index contributed by atoms with van der Waals surface area (Å²) in [6.45, 7) is 5.94. The highest BCUT2D eigenvalue weighted by atomic mass is 19.1. The maximum Gasteiger partial charge on any atom is 0.217 e. The van der Waals surface area contributed by atoms with Crippen LogP contribution in [0.4, 0.5) is 4.39 Å². The summed E-state index contributed by atoms with van der Waals surface area (Å²) in [4.78, 5) is 11.8. The Morgan fingerprint density at radius 2 is 2.16 bits per heavy atom. The SMILES string of the molecule is COc1cc([C@H]2C[C@@](C)(NC(C)=O)[C@@H]3CC[C@@H](C)C[C@H]3O2)ccc1F. The van der Waals surface area contributed by atoms with Crippen molar-refractivity contribution in [1.82, 2.24) is 5.32 Å². The minimum Gasteiger partial charge on any atom is -0.494 e. The van der Waals surface area contributed by atoms with Crippen LogP contribution in [0.15, 0.2) is 18.2 Å². The topological polar surface area (TPSA) is 47.6 Å². The maximum atomic E-state index is 13.8. The molecule has 5 heteroatoms. The van der Waals surface area contributed by atoms with Crippen LogP contribution in [0.2, 0.25) is 0 Å². The smallest absolute Gasteiger partial charge is 0.217 e. The van der Waals surface area contributed by atoms with Gasteiger partial charge < -0.3 is 14.8 Å². The highest BCUT2D eigenvalue weighted by molar-refractivity contribution is 5.73. The summed E-state index contributed by atoms with van der Waals surface area (Å²) < 4.78 is 25.3. The fourth-order valence-corrected chi connectivity index (χ4v) is 4.62. The van der Waals surface area contributed by atoms with Crippen molar-refractivity contribution in [3.05, 3.63) is 29.6 Å². The lowest BCUT2D eigenvalue weighted by Gasteiger charge is -2.52. The highest BCUT2D eigenvalue weighted by Gasteiger charge is 2.49. The van der Waals surface area contributed by atoms with Crippen molar-refractivity contribution in [2.75, 3.05) is 7.11 Å². The number of fused-ring (bicyclic) bond motifs is 1. The van der Waals surface area contributed by atoms with E-state index in [1.165, 1.54) is 13.2 Å². The average Bonchev–Trinajstić information content (AvgIpc) is 2.53. The third-order valence-corrected chi connectivity index (χ3v) is 5.83. The molecule has 1 saturated heterocycles. The minimum absolute atomic E-state index is 0.0165. The van der Waals surface area contributed by atoms with Gasteiger partial charge in [-0.2, -0.15) is 0 Å². The van der Waals surface area contributed by atoms with Gasteiger partial charge in [-0.1, -0.05) is 19.4 Å². The summed E-state index contributed by atoms with van der Waals surface area (Å²) in [5.74, 6) is 0.755. The summed E-state index contributed by atoms with van der Waals surface area (Å²) in [5, 5.41) is 3.19. The van der Waals surface area contributed by atoms with E-state index >= 15 is 0 Å². The largest absolute Gasteiger partial charge is 0.494 e. The van der Waals surface area contributed by atoms with Crippen molar-refractivity contribution >= 4 is 5.91 Å². The Bertz CT molecular complexity index is 650. The molecule has 0 aromatic heterocycles. The zero-order valence-corrected chi connectivity index (χ0v) is 15.5. The van der Waals surface area contributed by atoms with Gasteiger partial charge in [0.25, 0.3) is 0 Å². The van der Waals surface area contributed by atoms with Gasteiger partial charge >= 0.3 is 0 Å². The number of halogens is 1. The van der Waals surface area contributed by atoms with Gasteiger partial charge in [0, 0.05) is 24.8 Å². The molecule has 0 radical (unpaired) electrons. The van der Waals surface area contributed by atoms with Crippen LogP contribution in [0.5, 0.6) is 5.75 Å². The van der Waals surface area contributed by atoms with Crippen molar-refractivity contribution in [1.29, 1.82) is 0 Å². The third-order valence-electron chi connectivity index (χ3n) is 5.83. The van der Waals surface area contributed by atoms with Gasteiger partial charge in [0.15, 0.2) is 11.6 Å². The average molecular weight is 349 g/mol. The van der Waals surface area contributed by atoms with Gasteiger partial charge in [-0.3, -0.25) is 4.79 Å². The summed E-state index contributed by atoms with van der Waals surface area (Å²) in [6.07, 6.45) is 3.82. The number of rotatable bonds is 3. The number of benzene rings is 1. The molecule has 0 bridgehead atoms.